The molecule has 7 aromatic carbocycles. The zero-order valence-corrected chi connectivity index (χ0v) is 29.5. The zero-order valence-electron chi connectivity index (χ0n) is 29.5. The molecule has 0 saturated heterocycles. The molecule has 0 bridgehead atoms. The molecule has 0 atom stereocenters. The van der Waals surface area contributed by atoms with Crippen LogP contribution in [0.25, 0.3) is 89.0 Å². The van der Waals surface area contributed by atoms with Crippen LogP contribution in [0.1, 0.15) is 36.1 Å². The Balaban J connectivity index is 0.942. The summed E-state index contributed by atoms with van der Waals surface area (Å²) < 4.78 is 6.54. The van der Waals surface area contributed by atoms with Gasteiger partial charge in [-0.2, -0.15) is 0 Å². The van der Waals surface area contributed by atoms with Crippen LogP contribution in [0.3, 0.4) is 0 Å². The Bertz CT molecular complexity index is 2970. The lowest BCUT2D eigenvalue weighted by molar-refractivity contribution is 0.660. The molecule has 0 N–H and O–H groups in total. The minimum Gasteiger partial charge on any atom is -0.452 e. The summed E-state index contributed by atoms with van der Waals surface area (Å²) in [6.07, 6.45) is 2.65. The molecule has 2 aliphatic carbocycles. The van der Waals surface area contributed by atoms with Crippen molar-refractivity contribution < 1.29 is 4.42 Å². The summed E-state index contributed by atoms with van der Waals surface area (Å²) in [5, 5.41) is 0.985. The van der Waals surface area contributed by atoms with Gasteiger partial charge in [0.15, 0.2) is 5.58 Å². The molecule has 250 valence electrons. The molecule has 3 heteroatoms. The molecule has 0 saturated carbocycles. The van der Waals surface area contributed by atoms with E-state index in [1.807, 2.05) is 0 Å². The van der Waals surface area contributed by atoms with Crippen molar-refractivity contribution in [2.45, 2.75) is 25.7 Å². The lowest BCUT2D eigenvalue weighted by Gasteiger charge is -2.22. The smallest absolute Gasteiger partial charge is 0.180 e. The van der Waals surface area contributed by atoms with Gasteiger partial charge in [-0.25, -0.2) is 9.97 Å². The molecule has 53 heavy (non-hydrogen) atoms. The molecular weight excluding hydrogens is 645 g/mol. The second kappa shape index (κ2) is 11.2. The lowest BCUT2D eigenvalue weighted by atomic mass is 9.81. The van der Waals surface area contributed by atoms with Gasteiger partial charge in [0.25, 0.3) is 0 Å². The van der Waals surface area contributed by atoms with Crippen LogP contribution in [0.2, 0.25) is 0 Å². The molecule has 0 unspecified atom stereocenters. The minimum atomic E-state index is -0.0540. The highest BCUT2D eigenvalue weighted by atomic mass is 16.3. The Labute approximate surface area is 308 Å². The van der Waals surface area contributed by atoms with Crippen molar-refractivity contribution in [2.75, 3.05) is 0 Å². The Kier molecular flexibility index (Phi) is 6.36. The molecule has 11 rings (SSSR count). The summed E-state index contributed by atoms with van der Waals surface area (Å²) in [6.45, 7) is 4.65. The maximum atomic E-state index is 6.54. The van der Waals surface area contributed by atoms with E-state index < -0.39 is 0 Å². The summed E-state index contributed by atoms with van der Waals surface area (Å²) in [7, 11) is 0. The normalized spacial score (nSPS) is 13.5. The standard InChI is InChI=1S/C50H34N2O/c1-50(2)44-16-6-5-15-41(44)42-21-18-35(28-45(42)50)32-12-8-13-37(24-32)47-49-48(52-29-51-47)43-27-34(19-22-46(43)53-49)31-11-7-10-30(23-31)33-17-20-40-38(25-33)26-36-9-3-4-14-39(36)40/h3-25,27-29H,26H2,1-2H3. The van der Waals surface area contributed by atoms with Gasteiger partial charge in [0.05, 0.1) is 0 Å². The fourth-order valence-electron chi connectivity index (χ4n) is 8.89. The number of nitrogens with zero attached hydrogens (tertiary/aromatic N) is 2. The van der Waals surface area contributed by atoms with Gasteiger partial charge < -0.3 is 4.42 Å². The van der Waals surface area contributed by atoms with Crippen molar-refractivity contribution in [1.82, 2.24) is 9.97 Å². The Hall–Kier alpha value is -6.58. The number of benzene rings is 7. The summed E-state index contributed by atoms with van der Waals surface area (Å²) in [4.78, 5) is 9.53. The first-order valence-corrected chi connectivity index (χ1v) is 18.3. The Morgan fingerprint density at radius 3 is 1.91 bits per heavy atom. The van der Waals surface area contributed by atoms with E-state index in [4.69, 9.17) is 14.4 Å². The molecule has 0 amide bonds. The number of hydrogen-bond donors (Lipinski definition) is 0. The Morgan fingerprint density at radius 1 is 0.472 bits per heavy atom. The van der Waals surface area contributed by atoms with Gasteiger partial charge in [-0.15, -0.1) is 0 Å². The fraction of sp³-hybridized carbons (Fsp3) is 0.0800. The van der Waals surface area contributed by atoms with E-state index in [0.29, 0.717) is 5.58 Å². The monoisotopic (exact) mass is 678 g/mol. The highest BCUT2D eigenvalue weighted by Gasteiger charge is 2.35. The highest BCUT2D eigenvalue weighted by molar-refractivity contribution is 6.07. The topological polar surface area (TPSA) is 38.9 Å². The number of furan rings is 1. The van der Waals surface area contributed by atoms with E-state index in [0.717, 1.165) is 50.9 Å². The van der Waals surface area contributed by atoms with Crippen LogP contribution in [-0.4, -0.2) is 9.97 Å². The fourth-order valence-corrected chi connectivity index (χ4v) is 8.89. The third-order valence-corrected chi connectivity index (χ3v) is 11.6. The van der Waals surface area contributed by atoms with Crippen LogP contribution in [0.4, 0.5) is 0 Å². The van der Waals surface area contributed by atoms with E-state index >= 15 is 0 Å². The van der Waals surface area contributed by atoms with Crippen molar-refractivity contribution in [3.63, 3.8) is 0 Å². The van der Waals surface area contributed by atoms with Crippen LogP contribution < -0.4 is 0 Å². The van der Waals surface area contributed by atoms with Crippen LogP contribution in [0.15, 0.2) is 162 Å². The maximum absolute atomic E-state index is 6.54. The van der Waals surface area contributed by atoms with Crippen molar-refractivity contribution in [2.24, 2.45) is 0 Å². The molecule has 0 spiro atoms. The van der Waals surface area contributed by atoms with Crippen LogP contribution >= 0.6 is 0 Å². The zero-order chi connectivity index (χ0) is 35.3. The van der Waals surface area contributed by atoms with Gasteiger partial charge in [0.2, 0.25) is 0 Å². The Morgan fingerprint density at radius 2 is 1.08 bits per heavy atom. The van der Waals surface area contributed by atoms with Gasteiger partial charge in [0.1, 0.15) is 23.1 Å². The summed E-state index contributed by atoms with van der Waals surface area (Å²) in [6, 6.07) is 55.2. The van der Waals surface area contributed by atoms with E-state index in [2.05, 4.69) is 166 Å². The summed E-state index contributed by atoms with van der Waals surface area (Å²) in [5.74, 6) is 0. The van der Waals surface area contributed by atoms with Gasteiger partial charge in [0, 0.05) is 16.4 Å². The average molecular weight is 679 g/mol. The van der Waals surface area contributed by atoms with Crippen LogP contribution in [0, 0.1) is 0 Å². The molecule has 2 aromatic heterocycles. The second-order valence-corrected chi connectivity index (χ2v) is 15.0. The second-order valence-electron chi connectivity index (χ2n) is 15.0. The number of hydrogen-bond acceptors (Lipinski definition) is 3. The van der Waals surface area contributed by atoms with E-state index in [1.54, 1.807) is 6.33 Å². The molecule has 3 nitrogen and oxygen atoms in total. The first-order valence-electron chi connectivity index (χ1n) is 18.3. The van der Waals surface area contributed by atoms with Crippen molar-refractivity contribution in [3.05, 3.63) is 180 Å². The highest BCUT2D eigenvalue weighted by Crippen LogP contribution is 2.49. The number of rotatable bonds is 4. The molecule has 2 heterocycles. The maximum Gasteiger partial charge on any atom is 0.180 e. The first kappa shape index (κ1) is 30.1. The molecular formula is C50H34N2O. The summed E-state index contributed by atoms with van der Waals surface area (Å²) in [5.41, 5.74) is 22.1. The van der Waals surface area contributed by atoms with Gasteiger partial charge >= 0.3 is 0 Å². The number of fused-ring (bicyclic) bond motifs is 9. The average Bonchev–Trinajstić information content (AvgIpc) is 3.85. The van der Waals surface area contributed by atoms with Crippen molar-refractivity contribution >= 4 is 22.1 Å². The third-order valence-electron chi connectivity index (χ3n) is 11.6. The minimum absolute atomic E-state index is 0.0540. The number of aromatic nitrogens is 2. The van der Waals surface area contributed by atoms with Gasteiger partial charge in [-0.1, -0.05) is 135 Å². The third kappa shape index (κ3) is 4.60. The lowest BCUT2D eigenvalue weighted by Crippen LogP contribution is -2.14. The molecule has 2 aliphatic rings. The van der Waals surface area contributed by atoms with E-state index in [1.165, 1.54) is 61.2 Å². The largest absolute Gasteiger partial charge is 0.452 e. The predicted octanol–water partition coefficient (Wildman–Crippen LogP) is 12.9. The van der Waals surface area contributed by atoms with Crippen molar-refractivity contribution in [3.8, 4) is 66.9 Å². The first-order chi connectivity index (χ1) is 26.0. The van der Waals surface area contributed by atoms with Crippen molar-refractivity contribution in [1.29, 1.82) is 0 Å². The SMILES string of the molecule is CC1(C)c2ccccc2-c2ccc(-c3cccc(-c4ncnc5c4oc4ccc(-c6cccc(-c7ccc8c(c7)Cc7ccccc7-8)c6)cc45)c3)cc21. The molecule has 0 radical (unpaired) electrons. The van der Waals surface area contributed by atoms with Gasteiger partial charge in [-0.3, -0.25) is 0 Å². The molecule has 0 aliphatic heterocycles. The van der Waals surface area contributed by atoms with Crippen LogP contribution in [-0.2, 0) is 11.8 Å². The van der Waals surface area contributed by atoms with Crippen LogP contribution in [0.5, 0.6) is 0 Å². The van der Waals surface area contributed by atoms with Gasteiger partial charge in [-0.05, 0) is 115 Å². The molecule has 9 aromatic rings. The summed E-state index contributed by atoms with van der Waals surface area (Å²) >= 11 is 0. The quantitative estimate of drug-likeness (QED) is 0.186. The molecule has 0 fully saturated rings. The van der Waals surface area contributed by atoms with E-state index in [9.17, 15) is 0 Å². The van der Waals surface area contributed by atoms with E-state index in [-0.39, 0.29) is 5.41 Å². The predicted molar refractivity (Wildman–Crippen MR) is 217 cm³/mol.